The maximum absolute atomic E-state index is 14.5. The lowest BCUT2D eigenvalue weighted by atomic mass is 10.2. The molecule has 7 nitrogen and oxygen atoms in total. The van der Waals surface area contributed by atoms with Gasteiger partial charge in [-0.1, -0.05) is 54.2 Å². The second kappa shape index (κ2) is 10.3. The molecule has 178 valence electrons. The van der Waals surface area contributed by atoms with E-state index in [0.29, 0.717) is 34.3 Å². The second-order valence-electron chi connectivity index (χ2n) is 8.37. The fraction of sp³-hybridized carbons (Fsp3) is 0.231. The Morgan fingerprint density at radius 1 is 1.00 bits per heavy atom. The number of carbonyl (C=O) groups is 2. The first-order valence-electron chi connectivity index (χ1n) is 11.5. The minimum absolute atomic E-state index is 0.0775. The van der Waals surface area contributed by atoms with Crippen LogP contribution in [-0.4, -0.2) is 55.2 Å². The van der Waals surface area contributed by atoms with E-state index in [1.54, 1.807) is 35.4 Å². The minimum Gasteiger partial charge on any atom is -0.356 e. The summed E-state index contributed by atoms with van der Waals surface area (Å²) in [4.78, 5) is 30.2. The van der Waals surface area contributed by atoms with Gasteiger partial charge in [-0.2, -0.15) is 0 Å². The molecule has 0 unspecified atom stereocenters. The Bertz CT molecular complexity index is 1340. The number of ketones is 1. The first-order valence-corrected chi connectivity index (χ1v) is 12.4. The SMILES string of the molecule is O=C(CSc1nnc(-c2ccccc2F)n1Cc1ccccc1)c1c[nH]c(C(=O)N2CCCC2)c1. The third kappa shape index (κ3) is 5.05. The van der Waals surface area contributed by atoms with Gasteiger partial charge in [0.1, 0.15) is 11.5 Å². The van der Waals surface area contributed by atoms with Gasteiger partial charge in [-0.3, -0.25) is 14.2 Å². The highest BCUT2D eigenvalue weighted by molar-refractivity contribution is 7.99. The summed E-state index contributed by atoms with van der Waals surface area (Å²) in [6.07, 6.45) is 3.59. The number of aromatic nitrogens is 4. The van der Waals surface area contributed by atoms with E-state index in [1.165, 1.54) is 17.8 Å². The lowest BCUT2D eigenvalue weighted by molar-refractivity contribution is 0.0787. The number of benzene rings is 2. The van der Waals surface area contributed by atoms with Gasteiger partial charge in [0.2, 0.25) is 0 Å². The van der Waals surface area contributed by atoms with Crippen LogP contribution in [0.4, 0.5) is 4.39 Å². The van der Waals surface area contributed by atoms with Gasteiger partial charge >= 0.3 is 0 Å². The molecule has 0 bridgehead atoms. The van der Waals surface area contributed by atoms with E-state index in [-0.39, 0.29) is 23.3 Å². The zero-order valence-corrected chi connectivity index (χ0v) is 19.8. The number of amides is 1. The predicted molar refractivity (Wildman–Crippen MR) is 132 cm³/mol. The van der Waals surface area contributed by atoms with Crippen LogP contribution in [0.25, 0.3) is 11.4 Å². The molecule has 5 rings (SSSR count). The molecule has 1 saturated heterocycles. The number of halogens is 1. The molecule has 3 heterocycles. The highest BCUT2D eigenvalue weighted by Crippen LogP contribution is 2.27. The maximum Gasteiger partial charge on any atom is 0.270 e. The van der Waals surface area contributed by atoms with Crippen LogP contribution in [0.5, 0.6) is 0 Å². The number of rotatable bonds is 8. The average molecular weight is 490 g/mol. The average Bonchev–Trinajstić information content (AvgIpc) is 3.65. The van der Waals surface area contributed by atoms with Gasteiger partial charge in [0.15, 0.2) is 16.8 Å². The highest BCUT2D eigenvalue weighted by Gasteiger charge is 2.23. The Hall–Kier alpha value is -3.72. The number of hydrogen-bond acceptors (Lipinski definition) is 5. The molecular weight excluding hydrogens is 465 g/mol. The standard InChI is InChI=1S/C26H24FN5O2S/c27-21-11-5-4-10-20(21)24-29-30-26(32(24)16-18-8-2-1-3-9-18)35-17-23(33)19-14-22(28-15-19)25(34)31-12-6-7-13-31/h1-5,8-11,14-15,28H,6-7,12-13,16-17H2. The van der Waals surface area contributed by atoms with Crippen LogP contribution < -0.4 is 0 Å². The smallest absolute Gasteiger partial charge is 0.270 e. The zero-order chi connectivity index (χ0) is 24.2. The molecule has 0 atom stereocenters. The Morgan fingerprint density at radius 2 is 1.74 bits per heavy atom. The molecule has 0 spiro atoms. The fourth-order valence-electron chi connectivity index (χ4n) is 4.13. The first kappa shape index (κ1) is 23.0. The molecule has 1 fully saturated rings. The number of nitrogens with zero attached hydrogens (tertiary/aromatic N) is 4. The molecule has 4 aromatic rings. The number of aromatic amines is 1. The molecule has 2 aromatic carbocycles. The molecule has 1 aliphatic rings. The summed E-state index contributed by atoms with van der Waals surface area (Å²) in [6, 6.07) is 17.8. The third-order valence-corrected chi connectivity index (χ3v) is 6.94. The van der Waals surface area contributed by atoms with Crippen molar-refractivity contribution in [2.45, 2.75) is 24.5 Å². The van der Waals surface area contributed by atoms with E-state index in [2.05, 4.69) is 15.2 Å². The second-order valence-corrected chi connectivity index (χ2v) is 9.31. The summed E-state index contributed by atoms with van der Waals surface area (Å²) in [5, 5.41) is 9.04. The summed E-state index contributed by atoms with van der Waals surface area (Å²) < 4.78 is 16.4. The van der Waals surface area contributed by atoms with Crippen LogP contribution in [0.2, 0.25) is 0 Å². The van der Waals surface area contributed by atoms with Crippen molar-refractivity contribution in [2.75, 3.05) is 18.8 Å². The number of nitrogens with one attached hydrogen (secondary N) is 1. The van der Waals surface area contributed by atoms with Crippen LogP contribution in [0, 0.1) is 5.82 Å². The number of Topliss-reactive ketones (excluding diaryl/α,β-unsaturated/α-hetero) is 1. The molecule has 35 heavy (non-hydrogen) atoms. The fourth-order valence-corrected chi connectivity index (χ4v) is 4.96. The third-order valence-electron chi connectivity index (χ3n) is 5.98. The molecule has 0 aliphatic carbocycles. The summed E-state index contributed by atoms with van der Waals surface area (Å²) in [5.41, 5.74) is 2.23. The lowest BCUT2D eigenvalue weighted by Gasteiger charge is -2.13. The Labute approximate surface area is 206 Å². The molecule has 1 amide bonds. The van der Waals surface area contributed by atoms with Crippen molar-refractivity contribution in [1.29, 1.82) is 0 Å². The maximum atomic E-state index is 14.5. The van der Waals surface area contributed by atoms with Crippen molar-refractivity contribution in [2.24, 2.45) is 0 Å². The highest BCUT2D eigenvalue weighted by atomic mass is 32.2. The number of hydrogen-bond donors (Lipinski definition) is 1. The molecule has 0 radical (unpaired) electrons. The predicted octanol–water partition coefficient (Wildman–Crippen LogP) is 4.67. The van der Waals surface area contributed by atoms with Gasteiger partial charge in [-0.25, -0.2) is 4.39 Å². The number of thioether (sulfide) groups is 1. The number of H-pyrrole nitrogens is 1. The topological polar surface area (TPSA) is 83.9 Å². The van der Waals surface area contributed by atoms with Crippen molar-refractivity contribution in [3.63, 3.8) is 0 Å². The lowest BCUT2D eigenvalue weighted by Crippen LogP contribution is -2.27. The summed E-state index contributed by atoms with van der Waals surface area (Å²) >= 11 is 1.24. The first-order chi connectivity index (χ1) is 17.1. The van der Waals surface area contributed by atoms with Gasteiger partial charge in [0.05, 0.1) is 17.9 Å². The van der Waals surface area contributed by atoms with Crippen LogP contribution in [0.15, 0.2) is 72.0 Å². The largest absolute Gasteiger partial charge is 0.356 e. The van der Waals surface area contributed by atoms with Crippen molar-refractivity contribution >= 4 is 23.5 Å². The number of likely N-dealkylation sites (tertiary alicyclic amines) is 1. The van der Waals surface area contributed by atoms with Crippen LogP contribution >= 0.6 is 11.8 Å². The van der Waals surface area contributed by atoms with Crippen LogP contribution in [-0.2, 0) is 6.54 Å². The van der Waals surface area contributed by atoms with Crippen LogP contribution in [0.1, 0.15) is 39.3 Å². The molecule has 1 N–H and O–H groups in total. The van der Waals surface area contributed by atoms with Gasteiger partial charge in [0.25, 0.3) is 5.91 Å². The van der Waals surface area contributed by atoms with Crippen molar-refractivity contribution in [1.82, 2.24) is 24.6 Å². The van der Waals surface area contributed by atoms with Gasteiger partial charge in [-0.15, -0.1) is 10.2 Å². The Balaban J connectivity index is 1.35. The number of carbonyl (C=O) groups excluding carboxylic acids is 2. The van der Waals surface area contributed by atoms with E-state index >= 15 is 0 Å². The van der Waals surface area contributed by atoms with E-state index in [0.717, 1.165) is 31.5 Å². The van der Waals surface area contributed by atoms with Crippen molar-refractivity contribution in [3.05, 3.63) is 89.5 Å². The van der Waals surface area contributed by atoms with Crippen molar-refractivity contribution in [3.8, 4) is 11.4 Å². The summed E-state index contributed by atoms with van der Waals surface area (Å²) in [6.45, 7) is 1.93. The minimum atomic E-state index is -0.385. The Kier molecular flexibility index (Phi) is 6.76. The molecule has 1 aliphatic heterocycles. The Morgan fingerprint density at radius 3 is 2.51 bits per heavy atom. The monoisotopic (exact) mass is 489 g/mol. The van der Waals surface area contributed by atoms with E-state index in [9.17, 15) is 14.0 Å². The summed E-state index contributed by atoms with van der Waals surface area (Å²) in [5.74, 6) is -0.0782. The van der Waals surface area contributed by atoms with Gasteiger partial charge in [0, 0.05) is 24.8 Å². The molecule has 9 heteroatoms. The van der Waals surface area contributed by atoms with Crippen molar-refractivity contribution < 1.29 is 14.0 Å². The zero-order valence-electron chi connectivity index (χ0n) is 19.0. The summed E-state index contributed by atoms with van der Waals surface area (Å²) in [7, 11) is 0. The normalized spacial score (nSPS) is 13.3. The molecule has 2 aromatic heterocycles. The molecular formula is C26H24FN5O2S. The quantitative estimate of drug-likeness (QED) is 0.287. The van der Waals surface area contributed by atoms with E-state index < -0.39 is 0 Å². The van der Waals surface area contributed by atoms with E-state index in [4.69, 9.17) is 0 Å². The van der Waals surface area contributed by atoms with Crippen LogP contribution in [0.3, 0.4) is 0 Å². The van der Waals surface area contributed by atoms with Gasteiger partial charge < -0.3 is 9.88 Å². The van der Waals surface area contributed by atoms with E-state index in [1.807, 2.05) is 34.9 Å². The molecule has 0 saturated carbocycles. The van der Waals surface area contributed by atoms with Gasteiger partial charge in [-0.05, 0) is 36.6 Å².